The Morgan fingerprint density at radius 3 is 3.00 bits per heavy atom. The summed E-state index contributed by atoms with van der Waals surface area (Å²) in [6, 6.07) is 7.21. The molecule has 0 aliphatic carbocycles. The highest BCUT2D eigenvalue weighted by Crippen LogP contribution is 2.10. The van der Waals surface area contributed by atoms with E-state index in [0.29, 0.717) is 29.0 Å². The minimum absolute atomic E-state index is 0.156. The van der Waals surface area contributed by atoms with Crippen LogP contribution in [-0.2, 0) is 6.42 Å². The lowest BCUT2D eigenvalue weighted by atomic mass is 10.2. The van der Waals surface area contributed by atoms with Crippen LogP contribution in [0.3, 0.4) is 0 Å². The van der Waals surface area contributed by atoms with Crippen molar-refractivity contribution in [3.05, 3.63) is 40.4 Å². The third kappa shape index (κ3) is 1.06. The van der Waals surface area contributed by atoms with Gasteiger partial charge < -0.3 is 5.73 Å². The Kier molecular flexibility index (Phi) is 1.45. The molecule has 5 heteroatoms. The first-order valence-electron chi connectivity index (χ1n) is 4.60. The van der Waals surface area contributed by atoms with E-state index >= 15 is 0 Å². The third-order valence-electron chi connectivity index (χ3n) is 2.39. The fraction of sp³-hybridized carbons (Fsp3) is 0.100. The Balaban J connectivity index is 2.47. The molecule has 0 saturated carbocycles. The molecule has 0 saturated heterocycles. The number of hydrogen-bond donors (Lipinski definition) is 1. The quantitative estimate of drug-likeness (QED) is 0.654. The van der Waals surface area contributed by atoms with Crippen LogP contribution in [0.2, 0.25) is 0 Å². The van der Waals surface area contributed by atoms with Crippen molar-refractivity contribution in [2.45, 2.75) is 6.42 Å². The van der Waals surface area contributed by atoms with Gasteiger partial charge in [0.2, 0.25) is 0 Å². The van der Waals surface area contributed by atoms with Crippen molar-refractivity contribution in [1.82, 2.24) is 9.66 Å². The summed E-state index contributed by atoms with van der Waals surface area (Å²) in [5, 5.41) is 4.51. The number of benzene rings is 1. The van der Waals surface area contributed by atoms with E-state index in [-0.39, 0.29) is 5.56 Å². The second-order valence-corrected chi connectivity index (χ2v) is 3.43. The molecule has 0 unspecified atom stereocenters. The molecule has 0 atom stereocenters. The number of hydrogen-bond acceptors (Lipinski definition) is 4. The van der Waals surface area contributed by atoms with Gasteiger partial charge in [0.05, 0.1) is 17.3 Å². The van der Waals surface area contributed by atoms with Gasteiger partial charge in [-0.25, -0.2) is 4.98 Å². The van der Waals surface area contributed by atoms with Gasteiger partial charge in [-0.05, 0) is 12.1 Å². The molecule has 0 bridgehead atoms. The van der Waals surface area contributed by atoms with E-state index in [1.165, 1.54) is 4.68 Å². The SMILES string of the molecule is NC1=Nn2c(nc3ccccc3c2=O)C1. The predicted molar refractivity (Wildman–Crippen MR) is 56.7 cm³/mol. The van der Waals surface area contributed by atoms with Crippen molar-refractivity contribution in [1.29, 1.82) is 0 Å². The highest BCUT2D eigenvalue weighted by molar-refractivity contribution is 5.85. The Labute approximate surface area is 84.9 Å². The van der Waals surface area contributed by atoms with Crippen LogP contribution in [-0.4, -0.2) is 15.5 Å². The van der Waals surface area contributed by atoms with E-state index in [9.17, 15) is 4.79 Å². The van der Waals surface area contributed by atoms with Crippen molar-refractivity contribution in [3.8, 4) is 0 Å². The lowest BCUT2D eigenvalue weighted by Gasteiger charge is -2.01. The molecule has 2 heterocycles. The van der Waals surface area contributed by atoms with E-state index in [1.807, 2.05) is 12.1 Å². The number of fused-ring (bicyclic) bond motifs is 2. The number of nitrogens with two attached hydrogens (primary N) is 1. The molecular weight excluding hydrogens is 192 g/mol. The minimum Gasteiger partial charge on any atom is -0.385 e. The maximum Gasteiger partial charge on any atom is 0.282 e. The summed E-state index contributed by atoms with van der Waals surface area (Å²) >= 11 is 0. The molecule has 2 aromatic rings. The second kappa shape index (κ2) is 2.66. The zero-order valence-electron chi connectivity index (χ0n) is 7.84. The number of nitrogens with zero attached hydrogens (tertiary/aromatic N) is 3. The number of amidine groups is 1. The van der Waals surface area contributed by atoms with Crippen molar-refractivity contribution >= 4 is 16.7 Å². The molecular formula is C10H8N4O. The van der Waals surface area contributed by atoms with Gasteiger partial charge in [-0.15, -0.1) is 0 Å². The van der Waals surface area contributed by atoms with Crippen molar-refractivity contribution < 1.29 is 0 Å². The van der Waals surface area contributed by atoms with Gasteiger partial charge in [-0.2, -0.15) is 9.78 Å². The lowest BCUT2D eigenvalue weighted by Crippen LogP contribution is -2.18. The topological polar surface area (TPSA) is 73.3 Å². The molecule has 2 N–H and O–H groups in total. The lowest BCUT2D eigenvalue weighted by molar-refractivity contribution is 0.793. The van der Waals surface area contributed by atoms with E-state index < -0.39 is 0 Å². The summed E-state index contributed by atoms with van der Waals surface area (Å²) in [5.74, 6) is 1.03. The largest absolute Gasteiger partial charge is 0.385 e. The summed E-state index contributed by atoms with van der Waals surface area (Å²) in [6.07, 6.45) is 0.445. The number of para-hydroxylation sites is 1. The summed E-state index contributed by atoms with van der Waals surface area (Å²) in [6.45, 7) is 0. The second-order valence-electron chi connectivity index (χ2n) is 3.43. The average Bonchev–Trinajstić information content (AvgIpc) is 2.59. The fourth-order valence-corrected chi connectivity index (χ4v) is 1.71. The number of rotatable bonds is 0. The van der Waals surface area contributed by atoms with E-state index in [0.717, 1.165) is 0 Å². The molecule has 0 radical (unpaired) electrons. The zero-order valence-corrected chi connectivity index (χ0v) is 7.84. The Bertz CT molecular complexity index is 641. The highest BCUT2D eigenvalue weighted by Gasteiger charge is 2.16. The summed E-state index contributed by atoms with van der Waals surface area (Å²) in [7, 11) is 0. The monoisotopic (exact) mass is 200 g/mol. The van der Waals surface area contributed by atoms with Crippen LogP contribution in [0.1, 0.15) is 5.82 Å². The highest BCUT2D eigenvalue weighted by atomic mass is 16.1. The first-order valence-corrected chi connectivity index (χ1v) is 4.60. The van der Waals surface area contributed by atoms with Crippen molar-refractivity contribution in [2.75, 3.05) is 0 Å². The summed E-state index contributed by atoms with van der Waals surface area (Å²) < 4.78 is 1.28. The van der Waals surface area contributed by atoms with Gasteiger partial charge in [0.1, 0.15) is 11.7 Å². The molecule has 15 heavy (non-hydrogen) atoms. The zero-order chi connectivity index (χ0) is 10.4. The number of aromatic nitrogens is 2. The average molecular weight is 200 g/mol. The van der Waals surface area contributed by atoms with Crippen LogP contribution in [0.25, 0.3) is 10.9 Å². The van der Waals surface area contributed by atoms with Crippen LogP contribution in [0, 0.1) is 0 Å². The van der Waals surface area contributed by atoms with Gasteiger partial charge in [0.25, 0.3) is 5.56 Å². The minimum atomic E-state index is -0.156. The summed E-state index contributed by atoms with van der Waals surface area (Å²) in [5.41, 5.74) is 6.10. The standard InChI is InChI=1S/C10H8N4O/c11-8-5-9-12-7-4-2-1-3-6(7)10(15)14(9)13-8/h1-4H,5H2,(H2,11,13). The fourth-order valence-electron chi connectivity index (χ4n) is 1.71. The molecule has 0 amide bonds. The van der Waals surface area contributed by atoms with Gasteiger partial charge in [-0.1, -0.05) is 12.1 Å². The van der Waals surface area contributed by atoms with Crippen molar-refractivity contribution in [2.24, 2.45) is 10.8 Å². The molecule has 1 aromatic heterocycles. The van der Waals surface area contributed by atoms with E-state index in [1.54, 1.807) is 12.1 Å². The van der Waals surface area contributed by atoms with E-state index in [4.69, 9.17) is 5.73 Å². The van der Waals surface area contributed by atoms with Gasteiger partial charge in [0, 0.05) is 0 Å². The molecule has 3 rings (SSSR count). The summed E-state index contributed by atoms with van der Waals surface area (Å²) in [4.78, 5) is 16.3. The maximum absolute atomic E-state index is 11.9. The van der Waals surface area contributed by atoms with Gasteiger partial charge in [-0.3, -0.25) is 4.79 Å². The van der Waals surface area contributed by atoms with Crippen LogP contribution >= 0.6 is 0 Å². The molecule has 74 valence electrons. The molecule has 1 aliphatic heterocycles. The first kappa shape index (κ1) is 8.16. The molecule has 5 nitrogen and oxygen atoms in total. The van der Waals surface area contributed by atoms with Crippen molar-refractivity contribution in [3.63, 3.8) is 0 Å². The van der Waals surface area contributed by atoms with E-state index in [2.05, 4.69) is 10.1 Å². The molecule has 1 aromatic carbocycles. The maximum atomic E-state index is 11.9. The third-order valence-corrected chi connectivity index (χ3v) is 2.39. The molecule has 0 fully saturated rings. The van der Waals surface area contributed by atoms with Crippen LogP contribution in [0.5, 0.6) is 0 Å². The normalized spacial score (nSPS) is 14.0. The smallest absolute Gasteiger partial charge is 0.282 e. The first-order chi connectivity index (χ1) is 7.25. The Morgan fingerprint density at radius 1 is 1.33 bits per heavy atom. The predicted octanol–water partition coefficient (Wildman–Crippen LogP) is 0.0729. The van der Waals surface area contributed by atoms with Crippen LogP contribution in [0.15, 0.2) is 34.2 Å². The Morgan fingerprint density at radius 2 is 2.13 bits per heavy atom. The van der Waals surface area contributed by atoms with Gasteiger partial charge in [0.15, 0.2) is 0 Å². The molecule has 1 aliphatic rings. The van der Waals surface area contributed by atoms with Crippen LogP contribution < -0.4 is 11.3 Å². The molecule has 0 spiro atoms. The van der Waals surface area contributed by atoms with Gasteiger partial charge >= 0.3 is 0 Å². The van der Waals surface area contributed by atoms with Crippen LogP contribution in [0.4, 0.5) is 0 Å². The Hall–Kier alpha value is -2.17.